The van der Waals surface area contributed by atoms with Crippen molar-refractivity contribution in [3.63, 3.8) is 0 Å². The summed E-state index contributed by atoms with van der Waals surface area (Å²) < 4.78 is 0. The normalized spacial score (nSPS) is 11.6. The molecule has 3 rings (SSSR count). The van der Waals surface area contributed by atoms with Crippen molar-refractivity contribution in [1.82, 2.24) is 10.2 Å². The second-order valence-corrected chi connectivity index (χ2v) is 10.4. The zero-order chi connectivity index (χ0) is 25.8. The Labute approximate surface area is 224 Å². The molecule has 0 fully saturated rings. The molecule has 0 aliphatic carbocycles. The van der Waals surface area contributed by atoms with Gasteiger partial charge >= 0.3 is 0 Å². The van der Waals surface area contributed by atoms with Gasteiger partial charge in [0.25, 0.3) is 0 Å². The van der Waals surface area contributed by atoms with Gasteiger partial charge in [0.05, 0.1) is 5.75 Å². The van der Waals surface area contributed by atoms with E-state index in [1.54, 1.807) is 16.7 Å². The second kappa shape index (κ2) is 14.7. The highest BCUT2D eigenvalue weighted by Crippen LogP contribution is 2.20. The van der Waals surface area contributed by atoms with E-state index in [4.69, 9.17) is 11.6 Å². The van der Waals surface area contributed by atoms with Crippen LogP contribution in [0.25, 0.3) is 0 Å². The molecule has 1 N–H and O–H groups in total. The van der Waals surface area contributed by atoms with Crippen molar-refractivity contribution in [3.05, 3.63) is 106 Å². The van der Waals surface area contributed by atoms with Gasteiger partial charge in [-0.05, 0) is 42.2 Å². The fourth-order valence-corrected chi connectivity index (χ4v) is 4.87. The van der Waals surface area contributed by atoms with Crippen LogP contribution in [0, 0.1) is 6.92 Å². The van der Waals surface area contributed by atoms with Gasteiger partial charge in [-0.15, -0.1) is 11.8 Å². The van der Waals surface area contributed by atoms with E-state index in [0.29, 0.717) is 30.3 Å². The van der Waals surface area contributed by atoms with Gasteiger partial charge in [0.2, 0.25) is 11.8 Å². The number of rotatable bonds is 13. The summed E-state index contributed by atoms with van der Waals surface area (Å²) in [5, 5.41) is 3.70. The molecule has 1 atom stereocenters. The maximum Gasteiger partial charge on any atom is 0.243 e. The molecule has 0 unspecified atom stereocenters. The van der Waals surface area contributed by atoms with Crippen LogP contribution in [-0.2, 0) is 28.3 Å². The van der Waals surface area contributed by atoms with Gasteiger partial charge in [-0.3, -0.25) is 9.59 Å². The standard InChI is InChI=1S/C30H35ClN2O2S/c1-3-4-18-32-30(35)28(19-24-8-6-5-7-9-24)33(20-25-14-16-27(31)17-15-25)29(34)22-36-21-26-12-10-23(2)11-13-26/h5-17,28H,3-4,18-22H2,1-2H3,(H,32,35)/t28-/m1/s1. The van der Waals surface area contributed by atoms with Gasteiger partial charge in [-0.1, -0.05) is 97.2 Å². The van der Waals surface area contributed by atoms with Crippen LogP contribution in [0.2, 0.25) is 5.02 Å². The zero-order valence-electron chi connectivity index (χ0n) is 21.1. The SMILES string of the molecule is CCCCNC(=O)[C@@H](Cc1ccccc1)N(Cc1ccc(Cl)cc1)C(=O)CSCc1ccc(C)cc1. The molecule has 0 aromatic heterocycles. The second-order valence-electron chi connectivity index (χ2n) is 8.98. The molecule has 3 aromatic carbocycles. The molecule has 0 bridgehead atoms. The Bertz CT molecular complexity index is 1090. The summed E-state index contributed by atoms with van der Waals surface area (Å²) in [6.45, 7) is 5.11. The zero-order valence-corrected chi connectivity index (χ0v) is 22.7. The van der Waals surface area contributed by atoms with Crippen molar-refractivity contribution in [2.45, 2.75) is 51.4 Å². The number of amides is 2. The van der Waals surface area contributed by atoms with Crippen LogP contribution in [0.5, 0.6) is 0 Å². The van der Waals surface area contributed by atoms with Crippen LogP contribution in [0.1, 0.15) is 42.0 Å². The van der Waals surface area contributed by atoms with E-state index in [0.717, 1.165) is 29.7 Å². The summed E-state index contributed by atoms with van der Waals surface area (Å²) in [6, 6.07) is 25.1. The largest absolute Gasteiger partial charge is 0.354 e. The lowest BCUT2D eigenvalue weighted by molar-refractivity contribution is -0.139. The maximum atomic E-state index is 13.6. The first-order chi connectivity index (χ1) is 17.5. The molecular weight excluding hydrogens is 488 g/mol. The predicted octanol–water partition coefficient (Wildman–Crippen LogP) is 6.44. The van der Waals surface area contributed by atoms with Crippen molar-refractivity contribution < 1.29 is 9.59 Å². The van der Waals surface area contributed by atoms with E-state index in [2.05, 4.69) is 43.4 Å². The number of nitrogens with zero attached hydrogens (tertiary/aromatic N) is 1. The fraction of sp³-hybridized carbons (Fsp3) is 0.333. The van der Waals surface area contributed by atoms with Crippen LogP contribution in [-0.4, -0.2) is 35.1 Å². The Kier molecular flexibility index (Phi) is 11.4. The Morgan fingerprint density at radius 3 is 2.25 bits per heavy atom. The van der Waals surface area contributed by atoms with Crippen molar-refractivity contribution >= 4 is 35.2 Å². The lowest BCUT2D eigenvalue weighted by atomic mass is 10.0. The summed E-state index contributed by atoms with van der Waals surface area (Å²) in [6.07, 6.45) is 2.36. The van der Waals surface area contributed by atoms with Gasteiger partial charge in [0.15, 0.2) is 0 Å². The Hall–Kier alpha value is -2.76. The smallest absolute Gasteiger partial charge is 0.243 e. The average Bonchev–Trinajstić information content (AvgIpc) is 2.89. The van der Waals surface area contributed by atoms with Crippen molar-refractivity contribution in [1.29, 1.82) is 0 Å². The van der Waals surface area contributed by atoms with Gasteiger partial charge in [0, 0.05) is 30.3 Å². The highest BCUT2D eigenvalue weighted by molar-refractivity contribution is 7.99. The number of benzene rings is 3. The number of unbranched alkanes of at least 4 members (excludes halogenated alkanes) is 1. The van der Waals surface area contributed by atoms with Crippen molar-refractivity contribution in [2.24, 2.45) is 0 Å². The summed E-state index contributed by atoms with van der Waals surface area (Å²) in [4.78, 5) is 28.8. The lowest BCUT2D eigenvalue weighted by Crippen LogP contribution is -2.51. The lowest BCUT2D eigenvalue weighted by Gasteiger charge is -2.31. The maximum absolute atomic E-state index is 13.6. The Balaban J connectivity index is 1.81. The molecule has 6 heteroatoms. The van der Waals surface area contributed by atoms with Crippen LogP contribution in [0.3, 0.4) is 0 Å². The van der Waals surface area contributed by atoms with Crippen molar-refractivity contribution in [3.8, 4) is 0 Å². The minimum atomic E-state index is -0.604. The van der Waals surface area contributed by atoms with E-state index in [9.17, 15) is 9.59 Å². The Morgan fingerprint density at radius 1 is 0.917 bits per heavy atom. The van der Waals surface area contributed by atoms with E-state index >= 15 is 0 Å². The van der Waals surface area contributed by atoms with Gasteiger partial charge in [-0.2, -0.15) is 0 Å². The molecule has 0 saturated heterocycles. The Morgan fingerprint density at radius 2 is 1.58 bits per heavy atom. The van der Waals surface area contributed by atoms with E-state index in [-0.39, 0.29) is 11.8 Å². The molecule has 0 aliphatic rings. The summed E-state index contributed by atoms with van der Waals surface area (Å²) in [5.74, 6) is 0.883. The first kappa shape index (κ1) is 27.8. The number of thioether (sulfide) groups is 1. The molecule has 0 aliphatic heterocycles. The molecule has 36 heavy (non-hydrogen) atoms. The third-order valence-electron chi connectivity index (χ3n) is 5.98. The number of hydrogen-bond acceptors (Lipinski definition) is 3. The molecule has 0 saturated carbocycles. The van der Waals surface area contributed by atoms with Gasteiger partial charge in [0.1, 0.15) is 6.04 Å². The van der Waals surface area contributed by atoms with E-state index < -0.39 is 6.04 Å². The highest BCUT2D eigenvalue weighted by Gasteiger charge is 2.30. The van der Waals surface area contributed by atoms with Gasteiger partial charge < -0.3 is 10.2 Å². The molecule has 0 radical (unpaired) electrons. The monoisotopic (exact) mass is 522 g/mol. The fourth-order valence-electron chi connectivity index (χ4n) is 3.87. The molecule has 190 valence electrons. The van der Waals surface area contributed by atoms with Crippen molar-refractivity contribution in [2.75, 3.05) is 12.3 Å². The minimum Gasteiger partial charge on any atom is -0.354 e. The molecular formula is C30H35ClN2O2S. The molecule has 0 spiro atoms. The summed E-state index contributed by atoms with van der Waals surface area (Å²) in [5.41, 5.74) is 4.36. The summed E-state index contributed by atoms with van der Waals surface area (Å²) in [7, 11) is 0. The number of carbonyl (C=O) groups excluding carboxylic acids is 2. The number of hydrogen-bond donors (Lipinski definition) is 1. The minimum absolute atomic E-state index is 0.0476. The van der Waals surface area contributed by atoms with Gasteiger partial charge in [-0.25, -0.2) is 0 Å². The predicted molar refractivity (Wildman–Crippen MR) is 151 cm³/mol. The highest BCUT2D eigenvalue weighted by atomic mass is 35.5. The molecule has 2 amide bonds. The number of halogens is 1. The average molecular weight is 523 g/mol. The third kappa shape index (κ3) is 9.03. The third-order valence-corrected chi connectivity index (χ3v) is 7.22. The number of aryl methyl sites for hydroxylation is 1. The molecule has 3 aromatic rings. The van der Waals surface area contributed by atoms with Crippen LogP contribution in [0.15, 0.2) is 78.9 Å². The quantitative estimate of drug-likeness (QED) is 0.263. The molecule has 4 nitrogen and oxygen atoms in total. The first-order valence-corrected chi connectivity index (χ1v) is 14.0. The topological polar surface area (TPSA) is 49.4 Å². The molecule has 0 heterocycles. The van der Waals surface area contributed by atoms with E-state index in [1.165, 1.54) is 11.1 Å². The van der Waals surface area contributed by atoms with E-state index in [1.807, 2.05) is 54.6 Å². The number of carbonyl (C=O) groups is 2. The first-order valence-electron chi connectivity index (χ1n) is 12.4. The van der Waals surface area contributed by atoms with Crippen LogP contribution < -0.4 is 5.32 Å². The van der Waals surface area contributed by atoms with Crippen LogP contribution >= 0.6 is 23.4 Å². The van der Waals surface area contributed by atoms with Crippen LogP contribution in [0.4, 0.5) is 0 Å². The summed E-state index contributed by atoms with van der Waals surface area (Å²) >= 11 is 7.67. The number of nitrogens with one attached hydrogen (secondary N) is 1.